The molecule has 1 atom stereocenters. The second kappa shape index (κ2) is 4.54. The molecule has 0 radical (unpaired) electrons. The summed E-state index contributed by atoms with van der Waals surface area (Å²) in [5.74, 6) is -4.30. The molecule has 1 aliphatic carbocycles. The van der Waals surface area contributed by atoms with Crippen molar-refractivity contribution in [3.05, 3.63) is 0 Å². The first-order valence-corrected chi connectivity index (χ1v) is 5.21. The molecule has 0 bridgehead atoms. The first kappa shape index (κ1) is 13.8. The SMILES string of the molecule is CCOC(=O)C1(C(=O)OCC)C[C@@H]1C(F)(F)F. The number of halogens is 3. The Morgan fingerprint density at radius 2 is 1.59 bits per heavy atom. The van der Waals surface area contributed by atoms with E-state index in [1.165, 1.54) is 13.8 Å². The van der Waals surface area contributed by atoms with E-state index in [-0.39, 0.29) is 13.2 Å². The molecule has 1 fully saturated rings. The van der Waals surface area contributed by atoms with Gasteiger partial charge in [0.1, 0.15) is 0 Å². The third-order valence-electron chi connectivity index (χ3n) is 2.64. The maximum atomic E-state index is 12.5. The van der Waals surface area contributed by atoms with Gasteiger partial charge in [-0.25, -0.2) is 0 Å². The van der Waals surface area contributed by atoms with Gasteiger partial charge in [0.2, 0.25) is 0 Å². The van der Waals surface area contributed by atoms with E-state index in [1.807, 2.05) is 0 Å². The van der Waals surface area contributed by atoms with Gasteiger partial charge in [-0.1, -0.05) is 0 Å². The standard InChI is InChI=1S/C10H13F3O4/c1-3-16-7(14)9(8(15)17-4-2)5-6(9)10(11,12)13/h6H,3-5H2,1-2H3/t6-/m0/s1. The fraction of sp³-hybridized carbons (Fsp3) is 0.800. The molecule has 7 heteroatoms. The van der Waals surface area contributed by atoms with E-state index in [1.54, 1.807) is 0 Å². The predicted molar refractivity (Wildman–Crippen MR) is 49.9 cm³/mol. The molecule has 0 aliphatic heterocycles. The number of hydrogen-bond donors (Lipinski definition) is 0. The summed E-state index contributed by atoms with van der Waals surface area (Å²) in [5, 5.41) is 0. The Morgan fingerprint density at radius 3 is 1.82 bits per heavy atom. The molecule has 0 aromatic carbocycles. The molecule has 1 saturated carbocycles. The summed E-state index contributed by atoms with van der Waals surface area (Å²) in [4.78, 5) is 23.0. The van der Waals surface area contributed by atoms with Gasteiger partial charge in [-0.2, -0.15) is 13.2 Å². The van der Waals surface area contributed by atoms with Gasteiger partial charge in [0.25, 0.3) is 0 Å². The first-order chi connectivity index (χ1) is 7.80. The zero-order valence-corrected chi connectivity index (χ0v) is 9.47. The van der Waals surface area contributed by atoms with Crippen LogP contribution in [0.2, 0.25) is 0 Å². The van der Waals surface area contributed by atoms with E-state index >= 15 is 0 Å². The highest BCUT2D eigenvalue weighted by Crippen LogP contribution is 2.61. The summed E-state index contributed by atoms with van der Waals surface area (Å²) in [5.41, 5.74) is -2.18. The highest BCUT2D eigenvalue weighted by atomic mass is 19.4. The molecular weight excluding hydrogens is 241 g/mol. The molecule has 0 aromatic heterocycles. The molecule has 0 aromatic rings. The zero-order chi connectivity index (χ0) is 13.3. The molecule has 4 nitrogen and oxygen atoms in total. The van der Waals surface area contributed by atoms with Crippen molar-refractivity contribution >= 4 is 11.9 Å². The van der Waals surface area contributed by atoms with Crippen LogP contribution in [0.4, 0.5) is 13.2 Å². The molecule has 0 saturated heterocycles. The van der Waals surface area contributed by atoms with Crippen molar-refractivity contribution in [2.45, 2.75) is 26.4 Å². The van der Waals surface area contributed by atoms with Gasteiger partial charge in [-0.05, 0) is 20.3 Å². The molecule has 1 rings (SSSR count). The lowest BCUT2D eigenvalue weighted by molar-refractivity contribution is -0.182. The van der Waals surface area contributed by atoms with Crippen LogP contribution in [0.15, 0.2) is 0 Å². The predicted octanol–water partition coefficient (Wildman–Crippen LogP) is 1.68. The number of ether oxygens (including phenoxy) is 2. The van der Waals surface area contributed by atoms with Gasteiger partial charge >= 0.3 is 18.1 Å². The minimum absolute atomic E-state index is 0.0788. The van der Waals surface area contributed by atoms with E-state index in [0.717, 1.165) is 0 Å². The zero-order valence-electron chi connectivity index (χ0n) is 9.47. The van der Waals surface area contributed by atoms with Crippen LogP contribution in [0, 0.1) is 11.3 Å². The van der Waals surface area contributed by atoms with Crippen LogP contribution < -0.4 is 0 Å². The minimum Gasteiger partial charge on any atom is -0.465 e. The highest BCUT2D eigenvalue weighted by molar-refractivity contribution is 6.04. The van der Waals surface area contributed by atoms with E-state index < -0.39 is 35.9 Å². The van der Waals surface area contributed by atoms with E-state index in [2.05, 4.69) is 9.47 Å². The van der Waals surface area contributed by atoms with Crippen molar-refractivity contribution in [2.24, 2.45) is 11.3 Å². The van der Waals surface area contributed by atoms with Crippen LogP contribution in [-0.4, -0.2) is 31.3 Å². The highest BCUT2D eigenvalue weighted by Gasteiger charge is 2.77. The van der Waals surface area contributed by atoms with Crippen molar-refractivity contribution < 1.29 is 32.2 Å². The third kappa shape index (κ3) is 2.37. The Hall–Kier alpha value is -1.27. The Morgan fingerprint density at radius 1 is 1.18 bits per heavy atom. The minimum atomic E-state index is -4.60. The lowest BCUT2D eigenvalue weighted by atomic mass is 10.0. The van der Waals surface area contributed by atoms with Crippen LogP contribution in [0.25, 0.3) is 0 Å². The maximum Gasteiger partial charge on any atom is 0.393 e. The summed E-state index contributed by atoms with van der Waals surface area (Å²) >= 11 is 0. The molecule has 0 spiro atoms. The van der Waals surface area contributed by atoms with Crippen molar-refractivity contribution in [3.8, 4) is 0 Å². The summed E-state index contributed by atoms with van der Waals surface area (Å²) in [7, 11) is 0. The lowest BCUT2D eigenvalue weighted by Gasteiger charge is -2.15. The van der Waals surface area contributed by atoms with Gasteiger partial charge in [0.15, 0.2) is 5.41 Å². The quantitative estimate of drug-likeness (QED) is 0.565. The molecule has 17 heavy (non-hydrogen) atoms. The van der Waals surface area contributed by atoms with E-state index in [4.69, 9.17) is 0 Å². The van der Waals surface area contributed by atoms with E-state index in [0.29, 0.717) is 0 Å². The molecule has 0 N–H and O–H groups in total. The monoisotopic (exact) mass is 254 g/mol. The third-order valence-corrected chi connectivity index (χ3v) is 2.64. The second-order valence-electron chi connectivity index (χ2n) is 3.71. The van der Waals surface area contributed by atoms with Crippen LogP contribution in [0.5, 0.6) is 0 Å². The summed E-state index contributed by atoms with van der Waals surface area (Å²) in [6.07, 6.45) is -5.19. The topological polar surface area (TPSA) is 52.6 Å². The normalized spacial score (nSPS) is 21.8. The molecule has 0 unspecified atom stereocenters. The number of carbonyl (C=O) groups is 2. The fourth-order valence-corrected chi connectivity index (χ4v) is 1.71. The number of esters is 2. The fourth-order valence-electron chi connectivity index (χ4n) is 1.71. The Balaban J connectivity index is 2.91. The van der Waals surface area contributed by atoms with Crippen LogP contribution in [0.1, 0.15) is 20.3 Å². The maximum absolute atomic E-state index is 12.5. The van der Waals surface area contributed by atoms with E-state index in [9.17, 15) is 22.8 Å². The van der Waals surface area contributed by atoms with Crippen LogP contribution in [-0.2, 0) is 19.1 Å². The van der Waals surface area contributed by atoms with Gasteiger partial charge in [0, 0.05) is 0 Å². The largest absolute Gasteiger partial charge is 0.465 e. The number of alkyl halides is 3. The Bertz CT molecular complexity index is 306. The summed E-state index contributed by atoms with van der Waals surface area (Å²) in [6, 6.07) is 0. The molecule has 98 valence electrons. The summed E-state index contributed by atoms with van der Waals surface area (Å²) in [6.45, 7) is 2.76. The van der Waals surface area contributed by atoms with Crippen molar-refractivity contribution in [2.75, 3.05) is 13.2 Å². The van der Waals surface area contributed by atoms with Gasteiger partial charge in [0.05, 0.1) is 19.1 Å². The van der Waals surface area contributed by atoms with Crippen LogP contribution >= 0.6 is 0 Å². The Kier molecular flexibility index (Phi) is 3.68. The van der Waals surface area contributed by atoms with Crippen molar-refractivity contribution in [1.29, 1.82) is 0 Å². The smallest absolute Gasteiger partial charge is 0.393 e. The van der Waals surface area contributed by atoms with Crippen molar-refractivity contribution in [3.63, 3.8) is 0 Å². The number of hydrogen-bond acceptors (Lipinski definition) is 4. The molecule has 0 amide bonds. The average molecular weight is 254 g/mol. The molecular formula is C10H13F3O4. The molecule has 0 heterocycles. The van der Waals surface area contributed by atoms with Gasteiger partial charge in [-0.3, -0.25) is 9.59 Å². The van der Waals surface area contributed by atoms with Crippen LogP contribution in [0.3, 0.4) is 0 Å². The number of carbonyl (C=O) groups excluding carboxylic acids is 2. The Labute approximate surface area is 96.1 Å². The van der Waals surface area contributed by atoms with Crippen molar-refractivity contribution in [1.82, 2.24) is 0 Å². The number of rotatable bonds is 4. The lowest BCUT2D eigenvalue weighted by Crippen LogP contribution is -2.35. The van der Waals surface area contributed by atoms with Gasteiger partial charge in [-0.15, -0.1) is 0 Å². The molecule has 1 aliphatic rings. The second-order valence-corrected chi connectivity index (χ2v) is 3.71. The average Bonchev–Trinajstić information content (AvgIpc) is 2.94. The summed E-state index contributed by atoms with van der Waals surface area (Å²) < 4.78 is 46.6. The first-order valence-electron chi connectivity index (χ1n) is 5.21. The van der Waals surface area contributed by atoms with Gasteiger partial charge < -0.3 is 9.47 Å².